The van der Waals surface area contributed by atoms with Crippen molar-refractivity contribution < 1.29 is 22.7 Å². The molecule has 0 fully saturated rings. The number of carboxylic acids is 1. The van der Waals surface area contributed by atoms with E-state index < -0.39 is 26.5 Å². The lowest BCUT2D eigenvalue weighted by molar-refractivity contribution is 0.0691. The topological polar surface area (TPSA) is 138 Å². The van der Waals surface area contributed by atoms with Crippen LogP contribution in [0.1, 0.15) is 21.9 Å². The third kappa shape index (κ3) is 2.29. The van der Waals surface area contributed by atoms with Crippen molar-refractivity contribution in [2.45, 2.75) is 18.7 Å². The number of carboxylic acid groups (broad SMARTS) is 1. The Kier molecular flexibility index (Phi) is 3.02. The Hall–Kier alpha value is -2.36. The highest BCUT2D eigenvalue weighted by Crippen LogP contribution is 2.27. The molecule has 9 nitrogen and oxygen atoms in total. The number of hydrogen-bond acceptors (Lipinski definition) is 6. The van der Waals surface area contributed by atoms with Gasteiger partial charge in [0.2, 0.25) is 5.95 Å². The van der Waals surface area contributed by atoms with Gasteiger partial charge >= 0.3 is 5.97 Å². The third-order valence-corrected chi connectivity index (χ3v) is 3.82. The minimum Gasteiger partial charge on any atom is -0.478 e. The predicted octanol–water partition coefficient (Wildman–Crippen LogP) is 0.514. The van der Waals surface area contributed by atoms with Gasteiger partial charge < -0.3 is 9.52 Å². The van der Waals surface area contributed by atoms with Crippen molar-refractivity contribution in [2.75, 3.05) is 4.72 Å². The van der Waals surface area contributed by atoms with Crippen LogP contribution in [0.5, 0.6) is 0 Å². The first kappa shape index (κ1) is 13.1. The van der Waals surface area contributed by atoms with Crippen LogP contribution >= 0.6 is 0 Å². The average molecular weight is 286 g/mol. The summed E-state index contributed by atoms with van der Waals surface area (Å²) >= 11 is 0. The average Bonchev–Trinajstić information content (AvgIpc) is 2.85. The van der Waals surface area contributed by atoms with E-state index in [9.17, 15) is 13.2 Å². The van der Waals surface area contributed by atoms with E-state index in [0.717, 1.165) is 6.33 Å². The van der Waals surface area contributed by atoms with Gasteiger partial charge in [-0.3, -0.25) is 0 Å². The minimum absolute atomic E-state index is 0.0121. The Morgan fingerprint density at radius 3 is 2.63 bits per heavy atom. The minimum atomic E-state index is -4.13. The summed E-state index contributed by atoms with van der Waals surface area (Å²) in [4.78, 5) is 14.3. The largest absolute Gasteiger partial charge is 0.478 e. The van der Waals surface area contributed by atoms with Crippen molar-refractivity contribution in [1.29, 1.82) is 0 Å². The zero-order valence-corrected chi connectivity index (χ0v) is 10.8. The molecule has 0 saturated heterocycles. The van der Waals surface area contributed by atoms with Gasteiger partial charge in [-0.2, -0.15) is 10.1 Å². The number of nitrogens with one attached hydrogen (secondary N) is 2. The highest BCUT2D eigenvalue weighted by Gasteiger charge is 2.31. The Balaban J connectivity index is 2.55. The summed E-state index contributed by atoms with van der Waals surface area (Å²) in [5.41, 5.74) is -0.399. The van der Waals surface area contributed by atoms with Crippen molar-refractivity contribution in [1.82, 2.24) is 15.2 Å². The van der Waals surface area contributed by atoms with Crippen LogP contribution in [0.3, 0.4) is 0 Å². The van der Waals surface area contributed by atoms with Gasteiger partial charge in [-0.15, -0.1) is 0 Å². The second-order valence-corrected chi connectivity index (χ2v) is 5.28. The van der Waals surface area contributed by atoms with Gasteiger partial charge in [0.1, 0.15) is 28.3 Å². The first-order valence-corrected chi connectivity index (χ1v) is 6.52. The van der Waals surface area contributed by atoms with Crippen molar-refractivity contribution >= 4 is 21.9 Å². The molecule has 3 N–H and O–H groups in total. The van der Waals surface area contributed by atoms with Crippen molar-refractivity contribution in [3.8, 4) is 0 Å². The fourth-order valence-corrected chi connectivity index (χ4v) is 3.04. The quantitative estimate of drug-likeness (QED) is 0.744. The summed E-state index contributed by atoms with van der Waals surface area (Å²) in [5, 5.41) is 14.9. The van der Waals surface area contributed by atoms with E-state index in [4.69, 9.17) is 9.52 Å². The molecule has 102 valence electrons. The zero-order chi connectivity index (χ0) is 14.2. The lowest BCUT2D eigenvalue weighted by Gasteiger charge is -2.04. The molecule has 0 amide bonds. The number of nitrogens with zero attached hydrogens (tertiary/aromatic N) is 2. The highest BCUT2D eigenvalue weighted by molar-refractivity contribution is 7.92. The molecule has 2 rings (SSSR count). The van der Waals surface area contributed by atoms with Crippen molar-refractivity contribution in [3.63, 3.8) is 0 Å². The third-order valence-electron chi connectivity index (χ3n) is 2.33. The molecule has 0 bridgehead atoms. The molecular weight excluding hydrogens is 276 g/mol. The summed E-state index contributed by atoms with van der Waals surface area (Å²) in [6, 6.07) is 0. The van der Waals surface area contributed by atoms with E-state index in [0.29, 0.717) is 0 Å². The van der Waals surface area contributed by atoms with Crippen LogP contribution in [0, 0.1) is 13.8 Å². The van der Waals surface area contributed by atoms with E-state index in [1.807, 2.05) is 0 Å². The van der Waals surface area contributed by atoms with Gasteiger partial charge in [0.25, 0.3) is 10.0 Å². The number of furan rings is 1. The maximum Gasteiger partial charge on any atom is 0.340 e. The zero-order valence-electron chi connectivity index (χ0n) is 9.96. The number of aromatic nitrogens is 3. The molecule has 0 aliphatic heterocycles. The molecule has 0 spiro atoms. The van der Waals surface area contributed by atoms with Crippen molar-refractivity contribution in [3.05, 3.63) is 23.4 Å². The smallest absolute Gasteiger partial charge is 0.340 e. The molecule has 2 heterocycles. The molecule has 2 aromatic rings. The van der Waals surface area contributed by atoms with E-state index in [1.54, 1.807) is 0 Å². The van der Waals surface area contributed by atoms with Crippen molar-refractivity contribution in [2.24, 2.45) is 0 Å². The molecule has 19 heavy (non-hydrogen) atoms. The maximum absolute atomic E-state index is 12.1. The van der Waals surface area contributed by atoms with Gasteiger partial charge in [0.15, 0.2) is 0 Å². The molecular formula is C9H10N4O5S. The van der Waals surface area contributed by atoms with Gasteiger partial charge in [0, 0.05) is 0 Å². The maximum atomic E-state index is 12.1. The first-order valence-electron chi connectivity index (χ1n) is 5.04. The Morgan fingerprint density at radius 1 is 1.42 bits per heavy atom. The van der Waals surface area contributed by atoms with Crippen LogP contribution in [-0.2, 0) is 10.0 Å². The summed E-state index contributed by atoms with van der Waals surface area (Å²) in [6.45, 7) is 2.75. The van der Waals surface area contributed by atoms with Crippen LogP contribution in [0.4, 0.5) is 5.95 Å². The second kappa shape index (κ2) is 4.39. The number of H-pyrrole nitrogens is 1. The van der Waals surface area contributed by atoms with Crippen LogP contribution < -0.4 is 4.72 Å². The summed E-state index contributed by atoms with van der Waals surface area (Å²) in [5.74, 6) is -1.49. The second-order valence-electron chi connectivity index (χ2n) is 3.66. The number of aromatic amines is 1. The number of anilines is 1. The van der Waals surface area contributed by atoms with E-state index >= 15 is 0 Å². The molecule has 0 unspecified atom stereocenters. The normalized spacial score (nSPS) is 11.5. The lowest BCUT2D eigenvalue weighted by Crippen LogP contribution is -2.17. The molecule has 0 radical (unpaired) electrons. The van der Waals surface area contributed by atoms with Crippen LogP contribution in [0.2, 0.25) is 0 Å². The fraction of sp³-hybridized carbons (Fsp3) is 0.222. The number of hydrogen-bond donors (Lipinski definition) is 3. The molecule has 0 aliphatic rings. The van der Waals surface area contributed by atoms with E-state index in [-0.39, 0.29) is 17.5 Å². The number of aromatic carboxylic acids is 1. The van der Waals surface area contributed by atoms with Gasteiger partial charge in [-0.1, -0.05) is 0 Å². The van der Waals surface area contributed by atoms with Gasteiger partial charge in [-0.25, -0.2) is 23.0 Å². The van der Waals surface area contributed by atoms with Crippen LogP contribution in [-0.4, -0.2) is 34.7 Å². The summed E-state index contributed by atoms with van der Waals surface area (Å²) in [7, 11) is -4.13. The molecule has 0 aliphatic carbocycles. The summed E-state index contributed by atoms with van der Waals surface area (Å²) < 4.78 is 31.4. The molecule has 10 heteroatoms. The lowest BCUT2D eigenvalue weighted by atomic mass is 10.2. The Morgan fingerprint density at radius 2 is 2.11 bits per heavy atom. The summed E-state index contributed by atoms with van der Waals surface area (Å²) in [6.07, 6.45) is 1.11. The van der Waals surface area contributed by atoms with E-state index in [1.165, 1.54) is 13.8 Å². The van der Waals surface area contributed by atoms with Crippen LogP contribution in [0.15, 0.2) is 15.6 Å². The molecule has 2 aromatic heterocycles. The highest BCUT2D eigenvalue weighted by atomic mass is 32.2. The van der Waals surface area contributed by atoms with Crippen LogP contribution in [0.25, 0.3) is 0 Å². The molecule has 0 saturated carbocycles. The van der Waals surface area contributed by atoms with Gasteiger partial charge in [-0.05, 0) is 13.8 Å². The number of aryl methyl sites for hydroxylation is 2. The predicted molar refractivity (Wildman–Crippen MR) is 62.3 cm³/mol. The Labute approximate surface area is 107 Å². The van der Waals surface area contributed by atoms with Gasteiger partial charge in [0.05, 0.1) is 0 Å². The number of carbonyl (C=O) groups is 1. The SMILES string of the molecule is Cc1oc(C)c(S(=O)(=O)Nc2ncn[nH]2)c1C(=O)O. The van der Waals surface area contributed by atoms with E-state index in [2.05, 4.69) is 19.9 Å². The fourth-order valence-electron chi connectivity index (χ4n) is 1.67. The number of sulfonamides is 1. The number of rotatable bonds is 4. The first-order chi connectivity index (χ1) is 8.83. The monoisotopic (exact) mass is 286 g/mol. The standard InChI is InChI=1S/C9H10N4O5S/c1-4-6(8(14)15)7(5(2)18-4)19(16,17)13-9-10-3-11-12-9/h3H,1-2H3,(H,14,15)(H2,10,11,12,13). The molecule has 0 atom stereocenters. The Bertz CT molecular complexity index is 716. The molecule has 0 aromatic carbocycles.